The minimum absolute atomic E-state index is 0.355. The van der Waals surface area contributed by atoms with Gasteiger partial charge in [-0.1, -0.05) is 84.0 Å². The van der Waals surface area contributed by atoms with Crippen LogP contribution in [0.2, 0.25) is 0 Å². The number of aromatic amines is 1. The maximum absolute atomic E-state index is 9.66. The summed E-state index contributed by atoms with van der Waals surface area (Å²) < 4.78 is 1.37. The molecular formula is C32H16N14. The van der Waals surface area contributed by atoms with E-state index in [0.29, 0.717) is 67.7 Å². The van der Waals surface area contributed by atoms with Crippen molar-refractivity contribution < 1.29 is 0 Å². The first kappa shape index (κ1) is 25.4. The number of fused-ring (bicyclic) bond motifs is 20. The van der Waals surface area contributed by atoms with Gasteiger partial charge in [-0.25, -0.2) is 19.9 Å². The van der Waals surface area contributed by atoms with Crippen molar-refractivity contribution >= 4 is 49.8 Å². The van der Waals surface area contributed by atoms with E-state index in [-0.39, 0.29) is 0 Å². The number of hydrogen-bond acceptors (Lipinski definition) is 8. The highest BCUT2D eigenvalue weighted by Gasteiger charge is 2.24. The highest BCUT2D eigenvalue weighted by Crippen LogP contribution is 2.38. The molecule has 7 aromatic rings. The Labute approximate surface area is 257 Å². The number of H-pyrrole nitrogens is 1. The highest BCUT2D eigenvalue weighted by molar-refractivity contribution is 6.11. The van der Waals surface area contributed by atoms with Gasteiger partial charge in [0.2, 0.25) is 11.3 Å². The van der Waals surface area contributed by atoms with Crippen molar-refractivity contribution in [2.24, 2.45) is 10.3 Å². The second-order valence-electron chi connectivity index (χ2n) is 10.5. The van der Waals surface area contributed by atoms with E-state index in [1.807, 2.05) is 78.9 Å². The van der Waals surface area contributed by atoms with Crippen LogP contribution in [-0.4, -0.2) is 39.6 Å². The van der Waals surface area contributed by atoms with E-state index in [2.05, 4.69) is 25.1 Å². The molecule has 0 atom stereocenters. The van der Waals surface area contributed by atoms with E-state index < -0.39 is 0 Å². The molecular weight excluding hydrogens is 580 g/mol. The van der Waals surface area contributed by atoms with Gasteiger partial charge in [0.25, 0.3) is 0 Å². The molecule has 9 rings (SSSR count). The third-order valence-electron chi connectivity index (χ3n) is 7.96. The topological polar surface area (TPSA) is 196 Å². The van der Waals surface area contributed by atoms with Crippen LogP contribution < -0.4 is 0 Å². The molecule has 0 aliphatic carbocycles. The van der Waals surface area contributed by atoms with Crippen molar-refractivity contribution in [1.82, 2.24) is 39.6 Å². The van der Waals surface area contributed by atoms with Crippen LogP contribution in [0.3, 0.4) is 0 Å². The lowest BCUT2D eigenvalue weighted by Gasteiger charge is -1.97. The average molecular weight is 597 g/mol. The van der Waals surface area contributed by atoms with Crippen molar-refractivity contribution in [3.8, 4) is 45.6 Å². The summed E-state index contributed by atoms with van der Waals surface area (Å²) in [5.41, 5.74) is 24.0. The van der Waals surface area contributed by atoms with Crippen LogP contribution in [0.1, 0.15) is 0 Å². The number of aromatic nitrogens is 8. The molecule has 0 unspecified atom stereocenters. The lowest BCUT2D eigenvalue weighted by molar-refractivity contribution is 0.911. The Balaban J connectivity index is 1.56. The number of nitrogens with zero attached hydrogens (tertiary/aromatic N) is 13. The first-order valence-corrected chi connectivity index (χ1v) is 14.1. The minimum Gasteiger partial charge on any atom is -0.324 e. The molecule has 5 heterocycles. The number of benzene rings is 4. The zero-order valence-electron chi connectivity index (χ0n) is 23.5. The standard InChI is InChI=1S/C32H16N14/c33-43-42-23-15-7-14-22-24(23)30-38-26-17-9-2-4-11-19(17)28(36-26)41-32-21-13-6-5-12-20(21)31(46(32)45-44-34)40-27-18-10-3-1-8-16(18)25(35-27)37-29(22)39-30/h1-15H,(H,35,36,37,38,39,40,41). The molecule has 214 valence electrons. The van der Waals surface area contributed by atoms with Crippen LogP contribution in [0.15, 0.2) is 101 Å². The molecule has 2 aliphatic rings. The van der Waals surface area contributed by atoms with E-state index in [1.165, 1.54) is 4.68 Å². The fourth-order valence-electron chi connectivity index (χ4n) is 6.01. The second-order valence-corrected chi connectivity index (χ2v) is 10.5. The average Bonchev–Trinajstić information content (AvgIpc) is 3.80. The molecule has 4 aromatic carbocycles. The molecule has 0 saturated heterocycles. The summed E-state index contributed by atoms with van der Waals surface area (Å²) in [6.07, 6.45) is 0. The van der Waals surface area contributed by atoms with Gasteiger partial charge in [0.15, 0.2) is 23.3 Å². The monoisotopic (exact) mass is 596 g/mol. The van der Waals surface area contributed by atoms with E-state index in [0.717, 1.165) is 27.6 Å². The highest BCUT2D eigenvalue weighted by atomic mass is 15.5. The number of hydrogen-bond donors (Lipinski definition) is 1. The molecule has 0 saturated carbocycles. The quantitative estimate of drug-likeness (QED) is 0.118. The molecule has 0 amide bonds. The van der Waals surface area contributed by atoms with Gasteiger partial charge in [0.1, 0.15) is 11.3 Å². The van der Waals surface area contributed by atoms with Gasteiger partial charge in [-0.15, -0.1) is 10.2 Å². The van der Waals surface area contributed by atoms with Gasteiger partial charge < -0.3 is 4.98 Å². The van der Waals surface area contributed by atoms with Crippen LogP contribution in [-0.2, 0) is 0 Å². The van der Waals surface area contributed by atoms with Crippen molar-refractivity contribution in [2.75, 3.05) is 0 Å². The van der Waals surface area contributed by atoms with Crippen molar-refractivity contribution in [2.45, 2.75) is 0 Å². The predicted molar refractivity (Wildman–Crippen MR) is 173 cm³/mol. The molecule has 0 radical (unpaired) electrons. The number of azide groups is 2. The van der Waals surface area contributed by atoms with Crippen molar-refractivity contribution in [3.05, 3.63) is 112 Å². The summed E-state index contributed by atoms with van der Waals surface area (Å²) in [7, 11) is 0. The molecule has 14 nitrogen and oxygen atoms in total. The van der Waals surface area contributed by atoms with E-state index in [1.54, 1.807) is 12.1 Å². The number of rotatable bonds is 2. The molecule has 0 spiro atoms. The van der Waals surface area contributed by atoms with Crippen LogP contribution in [0.25, 0.3) is 111 Å². The van der Waals surface area contributed by atoms with E-state index >= 15 is 0 Å². The third-order valence-corrected chi connectivity index (χ3v) is 7.96. The van der Waals surface area contributed by atoms with Gasteiger partial charge in [-0.05, 0) is 22.9 Å². The normalized spacial score (nSPS) is 11.5. The Morgan fingerprint density at radius 3 is 1.57 bits per heavy atom. The molecule has 14 heteroatoms. The second kappa shape index (κ2) is 9.69. The summed E-state index contributed by atoms with van der Waals surface area (Å²) >= 11 is 0. The van der Waals surface area contributed by atoms with Crippen molar-refractivity contribution in [1.29, 1.82) is 0 Å². The first-order chi connectivity index (χ1) is 22.7. The van der Waals surface area contributed by atoms with Gasteiger partial charge in [0, 0.05) is 43.6 Å². The Bertz CT molecular complexity index is 2730. The summed E-state index contributed by atoms with van der Waals surface area (Å²) in [5.74, 6) is 1.57. The van der Waals surface area contributed by atoms with Crippen LogP contribution in [0.5, 0.6) is 0 Å². The number of nitrogens with one attached hydrogen (secondary N) is 1. The smallest absolute Gasteiger partial charge is 0.240 e. The lowest BCUT2D eigenvalue weighted by atomic mass is 10.1. The van der Waals surface area contributed by atoms with E-state index in [9.17, 15) is 11.1 Å². The van der Waals surface area contributed by atoms with Gasteiger partial charge >= 0.3 is 0 Å². The van der Waals surface area contributed by atoms with Crippen LogP contribution in [0.4, 0.5) is 5.69 Å². The molecule has 8 bridgehead atoms. The first-order valence-electron chi connectivity index (χ1n) is 14.1. The summed E-state index contributed by atoms with van der Waals surface area (Å²) in [6.45, 7) is 0. The molecule has 0 fully saturated rings. The zero-order chi connectivity index (χ0) is 30.8. The maximum atomic E-state index is 9.66. The summed E-state index contributed by atoms with van der Waals surface area (Å²) in [5, 5.41) is 10.7. The van der Waals surface area contributed by atoms with Crippen LogP contribution >= 0.6 is 0 Å². The van der Waals surface area contributed by atoms with E-state index in [4.69, 9.17) is 29.9 Å². The SMILES string of the molecule is [N-]=[N+]=Nc1cccc2c3nc4nc(nc5c6ccccc6c(nc6nc(nc([nH]3)c12)-c1ccccc1-6)n5N=[N+]=[N-])-c1ccccc1-4. The predicted octanol–water partition coefficient (Wildman–Crippen LogP) is 8.36. The maximum Gasteiger partial charge on any atom is 0.240 e. The third kappa shape index (κ3) is 3.66. The zero-order valence-corrected chi connectivity index (χ0v) is 23.5. The lowest BCUT2D eigenvalue weighted by Crippen LogP contribution is -1.92. The fraction of sp³-hybridized carbons (Fsp3) is 0. The Hall–Kier alpha value is -7.14. The molecule has 1 N–H and O–H groups in total. The largest absolute Gasteiger partial charge is 0.324 e. The molecule has 3 aromatic heterocycles. The Kier molecular flexibility index (Phi) is 5.34. The molecule has 2 aliphatic heterocycles. The fourth-order valence-corrected chi connectivity index (χ4v) is 6.01. The van der Waals surface area contributed by atoms with Gasteiger partial charge in [-0.2, -0.15) is 14.9 Å². The van der Waals surface area contributed by atoms with Crippen LogP contribution in [0, 0.1) is 0 Å². The minimum atomic E-state index is 0.355. The Morgan fingerprint density at radius 2 is 1.02 bits per heavy atom. The summed E-state index contributed by atoms with van der Waals surface area (Å²) in [6, 6.07) is 28.2. The molecule has 46 heavy (non-hydrogen) atoms. The van der Waals surface area contributed by atoms with Gasteiger partial charge in [0.05, 0.1) is 10.8 Å². The van der Waals surface area contributed by atoms with Crippen molar-refractivity contribution in [3.63, 3.8) is 0 Å². The van der Waals surface area contributed by atoms with Gasteiger partial charge in [-0.3, -0.25) is 0 Å². The Morgan fingerprint density at radius 1 is 0.522 bits per heavy atom. The summed E-state index contributed by atoms with van der Waals surface area (Å²) in [4.78, 5) is 39.1.